The lowest BCUT2D eigenvalue weighted by Gasteiger charge is -2.12. The molecule has 0 spiro atoms. The monoisotopic (exact) mass is 296 g/mol. The topological polar surface area (TPSA) is 55.9 Å². The Morgan fingerprint density at radius 2 is 2.09 bits per heavy atom. The number of aryl methyl sites for hydroxylation is 1. The largest absolute Gasteiger partial charge is 0.444 e. The van der Waals surface area contributed by atoms with Gasteiger partial charge >= 0.3 is 0 Å². The van der Waals surface area contributed by atoms with E-state index in [1.165, 1.54) is 5.56 Å². The van der Waals surface area contributed by atoms with Gasteiger partial charge in [0.15, 0.2) is 0 Å². The Morgan fingerprint density at radius 1 is 1.27 bits per heavy atom. The normalized spacial score (nSPS) is 12.5. The minimum absolute atomic E-state index is 0.302. The van der Waals surface area contributed by atoms with Crippen LogP contribution in [0.3, 0.4) is 0 Å². The molecule has 0 bridgehead atoms. The number of aromatic nitrogens is 3. The molecule has 114 valence electrons. The third-order valence-electron chi connectivity index (χ3n) is 3.43. The molecule has 2 heterocycles. The van der Waals surface area contributed by atoms with Crippen molar-refractivity contribution in [2.45, 2.75) is 33.0 Å². The van der Waals surface area contributed by atoms with Crippen molar-refractivity contribution in [3.05, 3.63) is 60.2 Å². The Hall–Kier alpha value is -2.40. The Bertz CT molecular complexity index is 717. The van der Waals surface area contributed by atoms with E-state index >= 15 is 0 Å². The number of nitrogens with one attached hydrogen (secondary N) is 1. The average molecular weight is 296 g/mol. The van der Waals surface area contributed by atoms with E-state index in [1.54, 1.807) is 6.26 Å². The van der Waals surface area contributed by atoms with Crippen molar-refractivity contribution >= 4 is 0 Å². The van der Waals surface area contributed by atoms with Crippen molar-refractivity contribution in [2.24, 2.45) is 0 Å². The molecule has 5 heteroatoms. The van der Waals surface area contributed by atoms with Gasteiger partial charge in [-0.15, -0.1) is 0 Å². The number of nitrogens with zero attached hydrogens (tertiary/aromatic N) is 3. The zero-order valence-corrected chi connectivity index (χ0v) is 12.9. The summed E-state index contributed by atoms with van der Waals surface area (Å²) in [5.74, 6) is 0.660. The van der Waals surface area contributed by atoms with Crippen molar-refractivity contribution in [3.8, 4) is 11.5 Å². The molecule has 0 amide bonds. The third-order valence-corrected chi connectivity index (χ3v) is 3.43. The molecule has 0 saturated heterocycles. The van der Waals surface area contributed by atoms with Gasteiger partial charge in [0.05, 0.1) is 18.4 Å². The van der Waals surface area contributed by atoms with Crippen LogP contribution in [0.2, 0.25) is 0 Å². The van der Waals surface area contributed by atoms with E-state index in [0.717, 1.165) is 17.8 Å². The predicted molar refractivity (Wildman–Crippen MR) is 85.2 cm³/mol. The average Bonchev–Trinajstić information content (AvgIpc) is 3.15. The van der Waals surface area contributed by atoms with Gasteiger partial charge in [0.2, 0.25) is 5.89 Å². The Kier molecular flexibility index (Phi) is 4.34. The van der Waals surface area contributed by atoms with E-state index in [1.807, 2.05) is 54.3 Å². The van der Waals surface area contributed by atoms with Crippen molar-refractivity contribution in [1.82, 2.24) is 20.1 Å². The van der Waals surface area contributed by atoms with Crippen LogP contribution in [0, 0.1) is 6.92 Å². The summed E-state index contributed by atoms with van der Waals surface area (Å²) in [5, 5.41) is 7.74. The first-order valence-electron chi connectivity index (χ1n) is 7.43. The zero-order chi connectivity index (χ0) is 15.4. The second kappa shape index (κ2) is 6.58. The van der Waals surface area contributed by atoms with E-state index in [9.17, 15) is 0 Å². The van der Waals surface area contributed by atoms with Crippen LogP contribution in [-0.4, -0.2) is 20.8 Å². The molecule has 0 aliphatic rings. The Labute approximate surface area is 130 Å². The summed E-state index contributed by atoms with van der Waals surface area (Å²) in [7, 11) is 0. The van der Waals surface area contributed by atoms with Gasteiger partial charge in [-0.3, -0.25) is 4.68 Å². The van der Waals surface area contributed by atoms with Crippen molar-refractivity contribution in [2.75, 3.05) is 0 Å². The van der Waals surface area contributed by atoms with Crippen molar-refractivity contribution in [1.29, 1.82) is 0 Å². The highest BCUT2D eigenvalue weighted by Crippen LogP contribution is 2.17. The van der Waals surface area contributed by atoms with Gasteiger partial charge in [-0.05, 0) is 31.5 Å². The van der Waals surface area contributed by atoms with Crippen LogP contribution in [0.4, 0.5) is 0 Å². The highest BCUT2D eigenvalue weighted by molar-refractivity contribution is 5.52. The lowest BCUT2D eigenvalue weighted by atomic mass is 10.2. The van der Waals surface area contributed by atoms with E-state index in [0.29, 0.717) is 18.5 Å². The predicted octanol–water partition coefficient (Wildman–Crippen LogP) is 3.02. The number of rotatable bonds is 6. The van der Waals surface area contributed by atoms with Crippen molar-refractivity contribution in [3.63, 3.8) is 0 Å². The smallest absolute Gasteiger partial charge is 0.226 e. The number of oxazole rings is 1. The second-order valence-corrected chi connectivity index (χ2v) is 5.53. The Balaban J connectivity index is 1.54. The third kappa shape index (κ3) is 3.62. The molecule has 1 N–H and O–H groups in total. The van der Waals surface area contributed by atoms with Gasteiger partial charge < -0.3 is 9.73 Å². The fourth-order valence-corrected chi connectivity index (χ4v) is 2.29. The van der Waals surface area contributed by atoms with Crippen LogP contribution in [0.1, 0.15) is 18.2 Å². The first-order valence-corrected chi connectivity index (χ1v) is 7.43. The second-order valence-electron chi connectivity index (χ2n) is 5.53. The zero-order valence-electron chi connectivity index (χ0n) is 12.9. The lowest BCUT2D eigenvalue weighted by molar-refractivity contribution is 0.448. The molecule has 3 aromatic rings. The van der Waals surface area contributed by atoms with Gasteiger partial charge in [0.1, 0.15) is 6.26 Å². The molecule has 3 rings (SSSR count). The van der Waals surface area contributed by atoms with E-state index in [2.05, 4.69) is 22.3 Å². The summed E-state index contributed by atoms with van der Waals surface area (Å²) in [5.41, 5.74) is 3.08. The standard InChI is InChI=1S/C17H20N4O/c1-13-8-19-21(10-13)11-14(2)18-9-16-12-22-17(20-16)15-6-4-3-5-7-15/h3-8,10,12,14,18H,9,11H2,1-2H3/t14-/m1/s1. The van der Waals surface area contributed by atoms with Gasteiger partial charge in [0.25, 0.3) is 0 Å². The van der Waals surface area contributed by atoms with Crippen molar-refractivity contribution < 1.29 is 4.42 Å². The lowest BCUT2D eigenvalue weighted by Crippen LogP contribution is -2.30. The molecule has 0 aliphatic heterocycles. The minimum Gasteiger partial charge on any atom is -0.444 e. The summed E-state index contributed by atoms with van der Waals surface area (Å²) >= 11 is 0. The summed E-state index contributed by atoms with van der Waals surface area (Å²) < 4.78 is 7.49. The molecular formula is C17H20N4O. The molecular weight excluding hydrogens is 276 g/mol. The van der Waals surface area contributed by atoms with Crippen LogP contribution in [0.25, 0.3) is 11.5 Å². The molecule has 0 fully saturated rings. The van der Waals surface area contributed by atoms with E-state index in [-0.39, 0.29) is 0 Å². The maximum absolute atomic E-state index is 5.54. The molecule has 22 heavy (non-hydrogen) atoms. The van der Waals surface area contributed by atoms with Gasteiger partial charge in [-0.1, -0.05) is 18.2 Å². The van der Waals surface area contributed by atoms with E-state index < -0.39 is 0 Å². The van der Waals surface area contributed by atoms with Crippen LogP contribution in [-0.2, 0) is 13.1 Å². The first-order chi connectivity index (χ1) is 10.7. The highest BCUT2D eigenvalue weighted by Gasteiger charge is 2.08. The minimum atomic E-state index is 0.302. The van der Waals surface area contributed by atoms with Crippen LogP contribution < -0.4 is 5.32 Å². The molecule has 1 aromatic carbocycles. The van der Waals surface area contributed by atoms with Gasteiger partial charge in [-0.2, -0.15) is 5.10 Å². The number of hydrogen-bond acceptors (Lipinski definition) is 4. The summed E-state index contributed by atoms with van der Waals surface area (Å²) in [6.45, 7) is 5.69. The fourth-order valence-electron chi connectivity index (χ4n) is 2.29. The molecule has 0 radical (unpaired) electrons. The molecule has 0 saturated carbocycles. The Morgan fingerprint density at radius 3 is 2.82 bits per heavy atom. The van der Waals surface area contributed by atoms with Crippen LogP contribution in [0.15, 0.2) is 53.4 Å². The summed E-state index contributed by atoms with van der Waals surface area (Å²) in [4.78, 5) is 4.51. The van der Waals surface area contributed by atoms with Crippen LogP contribution in [0.5, 0.6) is 0 Å². The fraction of sp³-hybridized carbons (Fsp3) is 0.294. The SMILES string of the molecule is Cc1cnn(C[C@@H](C)NCc2coc(-c3ccccc3)n2)c1. The summed E-state index contributed by atoms with van der Waals surface area (Å²) in [6.07, 6.45) is 5.62. The molecule has 1 atom stereocenters. The van der Waals surface area contributed by atoms with Gasteiger partial charge in [-0.25, -0.2) is 4.98 Å². The maximum atomic E-state index is 5.54. The molecule has 5 nitrogen and oxygen atoms in total. The molecule has 2 aromatic heterocycles. The van der Waals surface area contributed by atoms with Gasteiger partial charge in [0, 0.05) is 24.3 Å². The number of benzene rings is 1. The quantitative estimate of drug-likeness (QED) is 0.759. The van der Waals surface area contributed by atoms with E-state index in [4.69, 9.17) is 4.42 Å². The maximum Gasteiger partial charge on any atom is 0.226 e. The first kappa shape index (κ1) is 14.5. The summed E-state index contributed by atoms with van der Waals surface area (Å²) in [6, 6.07) is 10.2. The highest BCUT2D eigenvalue weighted by atomic mass is 16.3. The molecule has 0 unspecified atom stereocenters. The molecule has 0 aliphatic carbocycles. The number of hydrogen-bond donors (Lipinski definition) is 1. The van der Waals surface area contributed by atoms with Crippen LogP contribution >= 0.6 is 0 Å².